The van der Waals surface area contributed by atoms with E-state index in [4.69, 9.17) is 4.74 Å². The summed E-state index contributed by atoms with van der Waals surface area (Å²) in [6.45, 7) is 2.85. The lowest BCUT2D eigenvalue weighted by Gasteiger charge is -2.07. The minimum atomic E-state index is 0.0267. The summed E-state index contributed by atoms with van der Waals surface area (Å²) in [6.07, 6.45) is 6.36. The summed E-state index contributed by atoms with van der Waals surface area (Å²) in [5.74, 6) is 0.529. The Bertz CT molecular complexity index is 965. The molecule has 2 fully saturated rings. The number of carbonyl (C=O) groups is 1. The first kappa shape index (κ1) is 15.6. The van der Waals surface area contributed by atoms with Gasteiger partial charge in [0.1, 0.15) is 5.65 Å². The summed E-state index contributed by atoms with van der Waals surface area (Å²) in [5, 5.41) is 3.03. The number of pyridine rings is 1. The third-order valence-corrected chi connectivity index (χ3v) is 5.46. The van der Waals surface area contributed by atoms with E-state index in [1.54, 1.807) is 0 Å². The predicted octanol–water partition coefficient (Wildman–Crippen LogP) is 3.67. The van der Waals surface area contributed by atoms with Gasteiger partial charge in [-0.3, -0.25) is 4.79 Å². The molecule has 1 aromatic carbocycles. The second-order valence-electron chi connectivity index (χ2n) is 7.33. The van der Waals surface area contributed by atoms with Crippen LogP contribution in [0.4, 0.5) is 5.69 Å². The Morgan fingerprint density at radius 1 is 1.27 bits per heavy atom. The van der Waals surface area contributed by atoms with Crippen molar-refractivity contribution in [2.75, 3.05) is 11.9 Å². The van der Waals surface area contributed by atoms with Crippen molar-refractivity contribution in [1.82, 2.24) is 9.38 Å². The molecule has 0 radical (unpaired) electrons. The summed E-state index contributed by atoms with van der Waals surface area (Å²) >= 11 is 0. The van der Waals surface area contributed by atoms with Gasteiger partial charge in [0, 0.05) is 36.2 Å². The Balaban J connectivity index is 1.31. The second-order valence-corrected chi connectivity index (χ2v) is 7.33. The van der Waals surface area contributed by atoms with Crippen molar-refractivity contribution in [3.8, 4) is 11.3 Å². The number of nitrogens with zero attached hydrogens (tertiary/aromatic N) is 2. The Morgan fingerprint density at radius 2 is 2.12 bits per heavy atom. The molecule has 5 nitrogen and oxygen atoms in total. The van der Waals surface area contributed by atoms with Crippen LogP contribution in [0.15, 0.2) is 48.8 Å². The van der Waals surface area contributed by atoms with Gasteiger partial charge in [0.05, 0.1) is 17.7 Å². The molecule has 26 heavy (non-hydrogen) atoms. The maximum atomic E-state index is 12.4. The number of amides is 1. The number of nitrogens with one attached hydrogen (secondary N) is 1. The molecule has 1 aliphatic carbocycles. The molecule has 2 aliphatic rings. The van der Waals surface area contributed by atoms with Crippen LogP contribution in [0.25, 0.3) is 16.9 Å². The SMILES string of the molecule is Cc1ccn2cc(-c3ccc(NC(=O)[C@@H]4[C@H]5CCCO[C@H]54)cc3)nc2c1. The fourth-order valence-electron chi connectivity index (χ4n) is 3.97. The number of carbonyl (C=O) groups excluding carboxylic acids is 1. The van der Waals surface area contributed by atoms with Crippen LogP contribution in [0.5, 0.6) is 0 Å². The highest BCUT2D eigenvalue weighted by Crippen LogP contribution is 2.48. The number of aryl methyl sites for hydroxylation is 1. The van der Waals surface area contributed by atoms with Gasteiger partial charge in [-0.15, -0.1) is 0 Å². The number of hydrogen-bond donors (Lipinski definition) is 1. The molecule has 5 heteroatoms. The normalized spacial score (nSPS) is 24.3. The van der Waals surface area contributed by atoms with Crippen LogP contribution in [0.3, 0.4) is 0 Å². The molecule has 132 valence electrons. The summed E-state index contributed by atoms with van der Waals surface area (Å²) in [7, 11) is 0. The minimum Gasteiger partial charge on any atom is -0.377 e. The smallest absolute Gasteiger partial charge is 0.230 e. The first-order valence-corrected chi connectivity index (χ1v) is 9.17. The summed E-state index contributed by atoms with van der Waals surface area (Å²) in [4.78, 5) is 17.1. The summed E-state index contributed by atoms with van der Waals surface area (Å²) in [6, 6.07) is 12.0. The fourth-order valence-corrected chi connectivity index (χ4v) is 3.97. The molecule has 3 atom stereocenters. The zero-order valence-corrected chi connectivity index (χ0v) is 14.7. The molecule has 3 aromatic rings. The predicted molar refractivity (Wildman–Crippen MR) is 99.9 cm³/mol. The van der Waals surface area contributed by atoms with Gasteiger partial charge < -0.3 is 14.5 Å². The number of fused-ring (bicyclic) bond motifs is 2. The number of rotatable bonds is 3. The van der Waals surface area contributed by atoms with Crippen molar-refractivity contribution < 1.29 is 9.53 Å². The van der Waals surface area contributed by atoms with Crippen molar-refractivity contribution in [1.29, 1.82) is 0 Å². The maximum Gasteiger partial charge on any atom is 0.230 e. The molecule has 2 aromatic heterocycles. The Labute approximate surface area is 152 Å². The van der Waals surface area contributed by atoms with Crippen LogP contribution < -0.4 is 5.32 Å². The van der Waals surface area contributed by atoms with Crippen molar-refractivity contribution >= 4 is 17.2 Å². The van der Waals surface area contributed by atoms with E-state index in [0.29, 0.717) is 5.92 Å². The van der Waals surface area contributed by atoms with Gasteiger partial charge in [-0.2, -0.15) is 0 Å². The standard InChI is InChI=1S/C21H21N3O2/c1-13-8-9-24-12-17(23-18(24)11-13)14-4-6-15(7-5-14)22-21(25)19-16-3-2-10-26-20(16)19/h4-9,11-12,16,19-20H,2-3,10H2,1H3,(H,22,25)/t16-,19-,20-/m1/s1. The molecule has 5 rings (SSSR count). The highest BCUT2D eigenvalue weighted by Gasteiger charge is 2.56. The zero-order valence-electron chi connectivity index (χ0n) is 14.7. The molecular weight excluding hydrogens is 326 g/mol. The third kappa shape index (κ3) is 2.69. The highest BCUT2D eigenvalue weighted by molar-refractivity contribution is 5.95. The lowest BCUT2D eigenvalue weighted by molar-refractivity contribution is -0.118. The van der Waals surface area contributed by atoms with Gasteiger partial charge in [0.25, 0.3) is 0 Å². The molecule has 0 bridgehead atoms. The van der Waals surface area contributed by atoms with Crippen LogP contribution in [0, 0.1) is 18.8 Å². The molecule has 3 heterocycles. The van der Waals surface area contributed by atoms with E-state index in [1.807, 2.05) is 41.1 Å². The monoisotopic (exact) mass is 347 g/mol. The average molecular weight is 347 g/mol. The van der Waals surface area contributed by atoms with Gasteiger partial charge in [-0.05, 0) is 49.6 Å². The zero-order chi connectivity index (χ0) is 17.7. The van der Waals surface area contributed by atoms with Gasteiger partial charge in [0.2, 0.25) is 5.91 Å². The third-order valence-electron chi connectivity index (χ3n) is 5.46. The lowest BCUT2D eigenvalue weighted by Crippen LogP contribution is -2.16. The van der Waals surface area contributed by atoms with Crippen molar-refractivity contribution in [2.24, 2.45) is 11.8 Å². The van der Waals surface area contributed by atoms with Crippen LogP contribution in [-0.2, 0) is 9.53 Å². The van der Waals surface area contributed by atoms with E-state index in [-0.39, 0.29) is 17.9 Å². The molecule has 1 amide bonds. The number of benzene rings is 1. The van der Waals surface area contributed by atoms with E-state index in [9.17, 15) is 4.79 Å². The molecule has 1 N–H and O–H groups in total. The van der Waals surface area contributed by atoms with Crippen LogP contribution in [0.1, 0.15) is 18.4 Å². The maximum absolute atomic E-state index is 12.4. The van der Waals surface area contributed by atoms with Crippen LogP contribution >= 0.6 is 0 Å². The van der Waals surface area contributed by atoms with E-state index in [0.717, 1.165) is 42.0 Å². The van der Waals surface area contributed by atoms with E-state index < -0.39 is 0 Å². The summed E-state index contributed by atoms with van der Waals surface area (Å²) < 4.78 is 7.69. The quantitative estimate of drug-likeness (QED) is 0.786. The first-order chi connectivity index (χ1) is 12.7. The van der Waals surface area contributed by atoms with Gasteiger partial charge in [0.15, 0.2) is 0 Å². The number of hydrogen-bond acceptors (Lipinski definition) is 3. The second kappa shape index (κ2) is 5.95. The van der Waals surface area contributed by atoms with E-state index in [2.05, 4.69) is 29.4 Å². The van der Waals surface area contributed by atoms with Gasteiger partial charge in [-0.1, -0.05) is 12.1 Å². The molecular formula is C21H21N3O2. The van der Waals surface area contributed by atoms with Crippen molar-refractivity contribution in [2.45, 2.75) is 25.9 Å². The molecule has 1 saturated heterocycles. The van der Waals surface area contributed by atoms with E-state index >= 15 is 0 Å². The summed E-state index contributed by atoms with van der Waals surface area (Å²) in [5.41, 5.74) is 4.91. The number of anilines is 1. The average Bonchev–Trinajstić information content (AvgIpc) is 3.24. The molecule has 1 saturated carbocycles. The Kier molecular flexibility index (Phi) is 3.57. The number of ether oxygens (including phenoxy) is 1. The topological polar surface area (TPSA) is 55.6 Å². The Hall–Kier alpha value is -2.66. The van der Waals surface area contributed by atoms with Crippen molar-refractivity contribution in [3.63, 3.8) is 0 Å². The Morgan fingerprint density at radius 3 is 2.88 bits per heavy atom. The van der Waals surface area contributed by atoms with Crippen LogP contribution in [-0.4, -0.2) is 28.0 Å². The molecule has 0 unspecified atom stereocenters. The van der Waals surface area contributed by atoms with Gasteiger partial charge >= 0.3 is 0 Å². The highest BCUT2D eigenvalue weighted by atomic mass is 16.5. The van der Waals surface area contributed by atoms with Crippen LogP contribution in [0.2, 0.25) is 0 Å². The van der Waals surface area contributed by atoms with Gasteiger partial charge in [-0.25, -0.2) is 4.98 Å². The fraction of sp³-hybridized carbons (Fsp3) is 0.333. The van der Waals surface area contributed by atoms with E-state index in [1.165, 1.54) is 5.56 Å². The van der Waals surface area contributed by atoms with Crippen molar-refractivity contribution in [3.05, 3.63) is 54.4 Å². The molecule has 1 aliphatic heterocycles. The molecule has 0 spiro atoms. The minimum absolute atomic E-state index is 0.0267. The number of aromatic nitrogens is 2. The number of imidazole rings is 1. The largest absolute Gasteiger partial charge is 0.377 e. The lowest BCUT2D eigenvalue weighted by atomic mass is 10.1. The first-order valence-electron chi connectivity index (χ1n) is 9.17.